The molecule has 0 aliphatic carbocycles. The van der Waals surface area contributed by atoms with Crippen LogP contribution in [0.4, 0.5) is 17.1 Å². The first kappa shape index (κ1) is 26.8. The Hall–Kier alpha value is -5.60. The highest BCUT2D eigenvalue weighted by molar-refractivity contribution is 6.25. The van der Waals surface area contributed by atoms with Crippen molar-refractivity contribution >= 4 is 65.9 Å². The minimum absolute atomic E-state index is 0.0916. The summed E-state index contributed by atoms with van der Waals surface area (Å²) in [7, 11) is 0. The molecule has 0 aliphatic rings. The number of anilines is 3. The van der Waals surface area contributed by atoms with E-state index < -0.39 is 0 Å². The molecular weight excluding hydrogens is 556 g/mol. The van der Waals surface area contributed by atoms with Crippen molar-refractivity contribution in [3.63, 3.8) is 0 Å². The fraction of sp³-hybridized carbons (Fsp3) is 0.0909. The third-order valence-corrected chi connectivity index (χ3v) is 9.65. The minimum atomic E-state index is 0.0916. The molecule has 0 N–H and O–H groups in total. The number of fused-ring (bicyclic) bond motifs is 7. The van der Waals surface area contributed by atoms with Crippen molar-refractivity contribution in [2.24, 2.45) is 0 Å². The summed E-state index contributed by atoms with van der Waals surface area (Å²) in [6.07, 6.45) is 0. The highest BCUT2D eigenvalue weighted by Gasteiger charge is 2.24. The number of para-hydroxylation sites is 3. The molecule has 0 radical (unpaired) electrons. The molecule has 7 aromatic carbocycles. The zero-order valence-electron chi connectivity index (χ0n) is 26.3. The standard InChI is InChI=1S/C44H34N2/c1-44(2,3)31-24-21-30(22-25-31)35-26-23-29-13-7-8-16-34(29)42(35)45(32-14-5-4-6-15-32)33-27-38-36-17-9-11-19-40(36)46-41-20-12-10-18-37(41)39(28-33)43(38)46/h4-28H,1-3H3. The van der Waals surface area contributed by atoms with Gasteiger partial charge in [0.05, 0.1) is 22.2 Å². The van der Waals surface area contributed by atoms with Crippen LogP contribution in [0.1, 0.15) is 26.3 Å². The summed E-state index contributed by atoms with van der Waals surface area (Å²) in [4.78, 5) is 2.48. The first-order chi connectivity index (χ1) is 22.5. The number of hydrogen-bond acceptors (Lipinski definition) is 1. The van der Waals surface area contributed by atoms with Crippen molar-refractivity contribution in [3.05, 3.63) is 157 Å². The van der Waals surface area contributed by atoms with Crippen molar-refractivity contribution in [1.82, 2.24) is 4.40 Å². The molecule has 0 bridgehead atoms. The van der Waals surface area contributed by atoms with Gasteiger partial charge < -0.3 is 9.30 Å². The summed E-state index contributed by atoms with van der Waals surface area (Å²) in [6.45, 7) is 6.82. The van der Waals surface area contributed by atoms with Crippen LogP contribution in [0.5, 0.6) is 0 Å². The van der Waals surface area contributed by atoms with E-state index >= 15 is 0 Å². The highest BCUT2D eigenvalue weighted by Crippen LogP contribution is 2.48. The molecule has 9 rings (SSSR count). The van der Waals surface area contributed by atoms with Gasteiger partial charge in [-0.05, 0) is 58.3 Å². The van der Waals surface area contributed by atoms with Crippen molar-refractivity contribution in [1.29, 1.82) is 0 Å². The van der Waals surface area contributed by atoms with Gasteiger partial charge in [-0.2, -0.15) is 0 Å². The monoisotopic (exact) mass is 590 g/mol. The molecule has 0 unspecified atom stereocenters. The van der Waals surface area contributed by atoms with E-state index in [-0.39, 0.29) is 5.41 Å². The van der Waals surface area contributed by atoms with Crippen LogP contribution in [0.15, 0.2) is 152 Å². The molecule has 0 saturated carbocycles. The quantitative estimate of drug-likeness (QED) is 0.198. The van der Waals surface area contributed by atoms with Gasteiger partial charge >= 0.3 is 0 Å². The average molecular weight is 591 g/mol. The van der Waals surface area contributed by atoms with Gasteiger partial charge in [0.25, 0.3) is 0 Å². The number of hydrogen-bond donors (Lipinski definition) is 0. The molecule has 2 heterocycles. The lowest BCUT2D eigenvalue weighted by molar-refractivity contribution is 0.590. The maximum absolute atomic E-state index is 2.48. The van der Waals surface area contributed by atoms with Gasteiger partial charge in [-0.1, -0.05) is 136 Å². The van der Waals surface area contributed by atoms with Gasteiger partial charge in [0.2, 0.25) is 0 Å². The van der Waals surface area contributed by atoms with Crippen LogP contribution >= 0.6 is 0 Å². The number of nitrogens with zero attached hydrogens (tertiary/aromatic N) is 2. The minimum Gasteiger partial charge on any atom is -0.309 e. The Morgan fingerprint density at radius 1 is 0.478 bits per heavy atom. The molecule has 9 aromatic rings. The fourth-order valence-corrected chi connectivity index (χ4v) is 7.43. The molecule has 0 aliphatic heterocycles. The first-order valence-electron chi connectivity index (χ1n) is 16.1. The Morgan fingerprint density at radius 3 is 1.67 bits per heavy atom. The second kappa shape index (κ2) is 9.95. The maximum Gasteiger partial charge on any atom is 0.0622 e. The summed E-state index contributed by atoms with van der Waals surface area (Å²) in [5.41, 5.74) is 11.1. The predicted octanol–water partition coefficient (Wildman–Crippen LogP) is 12.4. The topological polar surface area (TPSA) is 7.65 Å². The summed E-state index contributed by atoms with van der Waals surface area (Å²) < 4.78 is 2.45. The molecule has 2 heteroatoms. The molecule has 0 atom stereocenters. The summed E-state index contributed by atoms with van der Waals surface area (Å²) in [6, 6.07) is 55.8. The largest absolute Gasteiger partial charge is 0.309 e. The molecule has 0 saturated heterocycles. The summed E-state index contributed by atoms with van der Waals surface area (Å²) in [5, 5.41) is 7.55. The van der Waals surface area contributed by atoms with Crippen LogP contribution in [-0.2, 0) is 5.41 Å². The fourth-order valence-electron chi connectivity index (χ4n) is 7.43. The highest BCUT2D eigenvalue weighted by atomic mass is 15.1. The normalized spacial score (nSPS) is 12.2. The summed E-state index contributed by atoms with van der Waals surface area (Å²) in [5.74, 6) is 0. The first-order valence-corrected chi connectivity index (χ1v) is 16.1. The van der Waals surface area contributed by atoms with Crippen LogP contribution in [0.2, 0.25) is 0 Å². The molecule has 2 aromatic heterocycles. The Labute approximate surface area is 269 Å². The molecule has 220 valence electrons. The van der Waals surface area contributed by atoms with E-state index in [9.17, 15) is 0 Å². The second-order valence-electron chi connectivity index (χ2n) is 13.4. The number of aromatic nitrogens is 1. The lowest BCUT2D eigenvalue weighted by Gasteiger charge is -2.30. The van der Waals surface area contributed by atoms with Crippen molar-refractivity contribution in [3.8, 4) is 11.1 Å². The average Bonchev–Trinajstić information content (AvgIpc) is 3.60. The smallest absolute Gasteiger partial charge is 0.0622 e. The molecular formula is C44H34N2. The molecule has 0 spiro atoms. The van der Waals surface area contributed by atoms with E-state index in [4.69, 9.17) is 0 Å². The van der Waals surface area contributed by atoms with E-state index in [0.717, 1.165) is 11.4 Å². The van der Waals surface area contributed by atoms with Crippen LogP contribution < -0.4 is 4.90 Å². The van der Waals surface area contributed by atoms with Crippen LogP contribution in [0.3, 0.4) is 0 Å². The van der Waals surface area contributed by atoms with Gasteiger partial charge in [-0.3, -0.25) is 0 Å². The third-order valence-electron chi connectivity index (χ3n) is 9.65. The molecule has 0 fully saturated rings. The Balaban J connectivity index is 1.40. The Kier molecular flexibility index (Phi) is 5.79. The Bertz CT molecular complexity index is 2460. The van der Waals surface area contributed by atoms with Gasteiger partial charge in [-0.25, -0.2) is 0 Å². The SMILES string of the molecule is CC(C)(C)c1ccc(-c2ccc3ccccc3c2N(c2ccccc2)c2cc3c4ccccc4n4c5ccccc5c(c2)c34)cc1. The van der Waals surface area contributed by atoms with Gasteiger partial charge in [-0.15, -0.1) is 0 Å². The van der Waals surface area contributed by atoms with Crippen LogP contribution in [0, 0.1) is 0 Å². The molecule has 0 amide bonds. The second-order valence-corrected chi connectivity index (χ2v) is 13.4. The van der Waals surface area contributed by atoms with Crippen molar-refractivity contribution in [2.45, 2.75) is 26.2 Å². The lowest BCUT2D eigenvalue weighted by Crippen LogP contribution is -2.12. The third kappa shape index (κ3) is 3.96. The predicted molar refractivity (Wildman–Crippen MR) is 197 cm³/mol. The van der Waals surface area contributed by atoms with E-state index in [2.05, 4.69) is 182 Å². The van der Waals surface area contributed by atoms with Gasteiger partial charge in [0.1, 0.15) is 0 Å². The zero-order chi connectivity index (χ0) is 31.0. The van der Waals surface area contributed by atoms with Crippen molar-refractivity contribution < 1.29 is 0 Å². The Morgan fingerprint density at radius 2 is 1.04 bits per heavy atom. The maximum atomic E-state index is 2.48. The number of benzene rings is 7. The van der Waals surface area contributed by atoms with Gasteiger partial charge in [0, 0.05) is 43.9 Å². The van der Waals surface area contributed by atoms with E-state index in [0.29, 0.717) is 0 Å². The summed E-state index contributed by atoms with van der Waals surface area (Å²) >= 11 is 0. The molecule has 2 nitrogen and oxygen atoms in total. The van der Waals surface area contributed by atoms with Crippen LogP contribution in [0.25, 0.3) is 60.0 Å². The van der Waals surface area contributed by atoms with E-state index in [1.807, 2.05) is 0 Å². The zero-order valence-corrected chi connectivity index (χ0v) is 26.3. The van der Waals surface area contributed by atoms with Crippen molar-refractivity contribution in [2.75, 3.05) is 4.90 Å². The van der Waals surface area contributed by atoms with E-state index in [1.165, 1.54) is 71.2 Å². The van der Waals surface area contributed by atoms with Gasteiger partial charge in [0.15, 0.2) is 0 Å². The van der Waals surface area contributed by atoms with Crippen LogP contribution in [-0.4, -0.2) is 4.40 Å². The van der Waals surface area contributed by atoms with E-state index in [1.54, 1.807) is 0 Å². The molecule has 46 heavy (non-hydrogen) atoms. The lowest BCUT2D eigenvalue weighted by atomic mass is 9.86. The number of rotatable bonds is 4.